The summed E-state index contributed by atoms with van der Waals surface area (Å²) < 4.78 is 32.9. The predicted octanol–water partition coefficient (Wildman–Crippen LogP) is 3.79. The van der Waals surface area contributed by atoms with Crippen molar-refractivity contribution in [1.82, 2.24) is 25.0 Å². The molecule has 2 heterocycles. The van der Waals surface area contributed by atoms with Crippen LogP contribution in [0.15, 0.2) is 41.5 Å². The van der Waals surface area contributed by atoms with Crippen molar-refractivity contribution in [3.05, 3.63) is 75.3 Å². The van der Waals surface area contributed by atoms with Crippen molar-refractivity contribution in [3.63, 3.8) is 0 Å². The average Bonchev–Trinajstić information content (AvgIpc) is 3.22. The summed E-state index contributed by atoms with van der Waals surface area (Å²) in [6, 6.07) is 2.67. The Balaban J connectivity index is 1.62. The molecule has 3 N–H and O–H groups in total. The number of aryl methyl sites for hydroxylation is 2. The molecule has 10 nitrogen and oxygen atoms in total. The van der Waals surface area contributed by atoms with Crippen molar-refractivity contribution in [1.29, 1.82) is 0 Å². The molecule has 1 unspecified atom stereocenters. The Bertz CT molecular complexity index is 1510. The minimum atomic E-state index is -1.45. The number of nitrogens with zero attached hydrogens (tertiary/aromatic N) is 3. The molecule has 1 aromatic carbocycles. The Labute approximate surface area is 235 Å². The third-order valence-corrected chi connectivity index (χ3v) is 7.41. The molecule has 1 saturated carbocycles. The largest absolute Gasteiger partial charge is 0.481 e. The Hall–Kier alpha value is -4.35. The maximum absolute atomic E-state index is 15.1. The standard InChI is InChI=1S/C29H33F2N5O5/c1-4-7-22(33-27(39)19-10-6-11-36(29(19)41)18-8-5-9-18)28(40)34-23(14-24(37)38)20-12-17(13-21(30)25(20)31)26-16(2)15-32-35(26)3/h6,10-13,15,18,22-23H,4-5,7-9,14H2,1-3H3,(H,33,39)(H,34,40)(H,37,38)/t22-,23?/m0/s1. The smallest absolute Gasteiger partial charge is 0.305 e. The predicted molar refractivity (Wildman–Crippen MR) is 146 cm³/mol. The summed E-state index contributed by atoms with van der Waals surface area (Å²) in [4.78, 5) is 51.1. The molecule has 0 bridgehead atoms. The lowest BCUT2D eigenvalue weighted by molar-refractivity contribution is -0.137. The Morgan fingerprint density at radius 2 is 1.93 bits per heavy atom. The van der Waals surface area contributed by atoms with Gasteiger partial charge < -0.3 is 20.3 Å². The van der Waals surface area contributed by atoms with E-state index in [2.05, 4.69) is 15.7 Å². The number of pyridine rings is 1. The van der Waals surface area contributed by atoms with Crippen LogP contribution in [0.4, 0.5) is 8.78 Å². The molecule has 0 saturated heterocycles. The van der Waals surface area contributed by atoms with Gasteiger partial charge in [0.1, 0.15) is 11.6 Å². The third kappa shape index (κ3) is 6.36. The van der Waals surface area contributed by atoms with Gasteiger partial charge in [0.25, 0.3) is 11.5 Å². The number of hydrogen-bond acceptors (Lipinski definition) is 5. The summed E-state index contributed by atoms with van der Waals surface area (Å²) >= 11 is 0. The van der Waals surface area contributed by atoms with E-state index in [9.17, 15) is 28.7 Å². The molecule has 4 rings (SSSR count). The number of aliphatic carboxylic acids is 1. The van der Waals surface area contributed by atoms with Crippen molar-refractivity contribution < 1.29 is 28.3 Å². The first kappa shape index (κ1) is 29.6. The zero-order valence-corrected chi connectivity index (χ0v) is 23.1. The second-order valence-electron chi connectivity index (χ2n) is 10.4. The lowest BCUT2D eigenvalue weighted by atomic mass is 9.92. The number of halogens is 2. The van der Waals surface area contributed by atoms with Crippen LogP contribution in [0, 0.1) is 18.6 Å². The van der Waals surface area contributed by atoms with E-state index in [1.807, 2.05) is 0 Å². The molecule has 41 heavy (non-hydrogen) atoms. The van der Waals surface area contributed by atoms with Gasteiger partial charge in [0.2, 0.25) is 5.91 Å². The van der Waals surface area contributed by atoms with E-state index in [0.29, 0.717) is 17.7 Å². The molecule has 218 valence electrons. The topological polar surface area (TPSA) is 135 Å². The highest BCUT2D eigenvalue weighted by Crippen LogP contribution is 2.31. The number of benzene rings is 1. The van der Waals surface area contributed by atoms with Crippen molar-refractivity contribution in [2.45, 2.75) is 70.5 Å². The van der Waals surface area contributed by atoms with Crippen LogP contribution in [-0.4, -0.2) is 43.3 Å². The highest BCUT2D eigenvalue weighted by molar-refractivity contribution is 5.97. The molecule has 3 aromatic rings. The maximum Gasteiger partial charge on any atom is 0.305 e. The number of aromatic nitrogens is 3. The van der Waals surface area contributed by atoms with Gasteiger partial charge in [-0.05, 0) is 62.4 Å². The highest BCUT2D eigenvalue weighted by Gasteiger charge is 2.30. The summed E-state index contributed by atoms with van der Waals surface area (Å²) in [6.07, 6.45) is 5.74. The summed E-state index contributed by atoms with van der Waals surface area (Å²) in [7, 11) is 1.63. The van der Waals surface area contributed by atoms with Gasteiger partial charge in [-0.15, -0.1) is 0 Å². The molecule has 0 spiro atoms. The van der Waals surface area contributed by atoms with E-state index in [-0.39, 0.29) is 29.2 Å². The van der Waals surface area contributed by atoms with E-state index in [4.69, 9.17) is 0 Å². The number of rotatable bonds is 11. The fourth-order valence-corrected chi connectivity index (χ4v) is 5.08. The van der Waals surface area contributed by atoms with Gasteiger partial charge in [0, 0.05) is 30.4 Å². The fraction of sp³-hybridized carbons (Fsp3) is 0.414. The normalized spacial score (nSPS) is 14.7. The quantitative estimate of drug-likeness (QED) is 0.322. The average molecular weight is 570 g/mol. The van der Waals surface area contributed by atoms with Crippen LogP contribution in [0.1, 0.15) is 79.0 Å². The summed E-state index contributed by atoms with van der Waals surface area (Å²) in [5.41, 5.74) is 0.496. The first-order valence-corrected chi connectivity index (χ1v) is 13.5. The van der Waals surface area contributed by atoms with Crippen LogP contribution in [0.2, 0.25) is 0 Å². The molecular weight excluding hydrogens is 536 g/mol. The lowest BCUT2D eigenvalue weighted by Gasteiger charge is -2.28. The van der Waals surface area contributed by atoms with E-state index >= 15 is 4.39 Å². The van der Waals surface area contributed by atoms with Gasteiger partial charge in [-0.2, -0.15) is 5.10 Å². The zero-order chi connectivity index (χ0) is 29.8. The number of amides is 2. The Morgan fingerprint density at radius 1 is 1.20 bits per heavy atom. The fourth-order valence-electron chi connectivity index (χ4n) is 5.08. The number of nitrogens with one attached hydrogen (secondary N) is 2. The molecule has 1 aliphatic carbocycles. The Morgan fingerprint density at radius 3 is 2.51 bits per heavy atom. The van der Waals surface area contributed by atoms with Gasteiger partial charge in [-0.1, -0.05) is 13.3 Å². The second kappa shape index (κ2) is 12.4. The van der Waals surface area contributed by atoms with Crippen LogP contribution in [0.3, 0.4) is 0 Å². The lowest BCUT2D eigenvalue weighted by Crippen LogP contribution is -2.49. The highest BCUT2D eigenvalue weighted by atomic mass is 19.2. The molecule has 2 aromatic heterocycles. The van der Waals surface area contributed by atoms with E-state index in [0.717, 1.165) is 25.3 Å². The molecule has 2 amide bonds. The summed E-state index contributed by atoms with van der Waals surface area (Å²) in [5.74, 6) is -5.40. The SMILES string of the molecule is CCC[C@H](NC(=O)c1cccn(C2CCC2)c1=O)C(=O)NC(CC(=O)O)c1cc(-c2c(C)cnn2C)cc(F)c1F. The van der Waals surface area contributed by atoms with Crippen LogP contribution in [0.25, 0.3) is 11.3 Å². The van der Waals surface area contributed by atoms with Gasteiger partial charge in [-0.25, -0.2) is 8.78 Å². The minimum absolute atomic E-state index is 0.0305. The minimum Gasteiger partial charge on any atom is -0.481 e. The number of carbonyl (C=O) groups is 3. The molecule has 1 fully saturated rings. The van der Waals surface area contributed by atoms with Crippen LogP contribution in [-0.2, 0) is 16.6 Å². The third-order valence-electron chi connectivity index (χ3n) is 7.41. The van der Waals surface area contributed by atoms with Crippen molar-refractivity contribution in [2.24, 2.45) is 7.05 Å². The molecule has 0 aliphatic heterocycles. The number of carboxylic acids is 1. The first-order chi connectivity index (χ1) is 19.5. The monoisotopic (exact) mass is 569 g/mol. The molecule has 12 heteroatoms. The molecular formula is C29H33F2N5O5. The first-order valence-electron chi connectivity index (χ1n) is 13.5. The van der Waals surface area contributed by atoms with E-state index < -0.39 is 53.5 Å². The van der Waals surface area contributed by atoms with Crippen LogP contribution >= 0.6 is 0 Å². The molecule has 0 radical (unpaired) electrons. The van der Waals surface area contributed by atoms with Gasteiger partial charge >= 0.3 is 5.97 Å². The molecule has 2 atom stereocenters. The van der Waals surface area contributed by atoms with Gasteiger partial charge in [0.15, 0.2) is 11.6 Å². The number of hydrogen-bond donors (Lipinski definition) is 3. The maximum atomic E-state index is 15.1. The summed E-state index contributed by atoms with van der Waals surface area (Å²) in [5, 5.41) is 18.7. The second-order valence-corrected chi connectivity index (χ2v) is 10.4. The van der Waals surface area contributed by atoms with Crippen molar-refractivity contribution in [2.75, 3.05) is 0 Å². The summed E-state index contributed by atoms with van der Waals surface area (Å²) in [6.45, 7) is 3.52. The van der Waals surface area contributed by atoms with Crippen LogP contribution in [0.5, 0.6) is 0 Å². The molecule has 1 aliphatic rings. The Kier molecular flexibility index (Phi) is 8.99. The zero-order valence-electron chi connectivity index (χ0n) is 23.1. The number of carboxylic acid groups (broad SMARTS) is 1. The van der Waals surface area contributed by atoms with Crippen molar-refractivity contribution >= 4 is 17.8 Å². The van der Waals surface area contributed by atoms with E-state index in [1.165, 1.54) is 21.4 Å². The van der Waals surface area contributed by atoms with Crippen molar-refractivity contribution in [3.8, 4) is 11.3 Å². The van der Waals surface area contributed by atoms with E-state index in [1.54, 1.807) is 39.4 Å². The van der Waals surface area contributed by atoms with Gasteiger partial charge in [0.05, 0.1) is 24.4 Å². The number of carbonyl (C=O) groups excluding carboxylic acids is 2. The van der Waals surface area contributed by atoms with Crippen LogP contribution < -0.4 is 16.2 Å². The van der Waals surface area contributed by atoms with Gasteiger partial charge in [-0.3, -0.25) is 23.9 Å².